The quantitative estimate of drug-likeness (QED) is 0.444. The number of ether oxygens (including phenoxy) is 2. The molecular weight excluding hydrogens is 482 g/mol. The van der Waals surface area contributed by atoms with Gasteiger partial charge in [-0.05, 0) is 101 Å². The molecule has 38 heavy (non-hydrogen) atoms. The van der Waals surface area contributed by atoms with Gasteiger partial charge >= 0.3 is 5.97 Å². The van der Waals surface area contributed by atoms with Gasteiger partial charge in [0, 0.05) is 23.8 Å². The minimum atomic E-state index is -1.26. The molecule has 1 fully saturated rings. The predicted octanol–water partition coefficient (Wildman–Crippen LogP) is 5.73. The second-order valence-electron chi connectivity index (χ2n) is 11.7. The summed E-state index contributed by atoms with van der Waals surface area (Å²) in [5, 5.41) is 16.9. The molecule has 1 amide bonds. The summed E-state index contributed by atoms with van der Waals surface area (Å²) in [4.78, 5) is 30.8. The van der Waals surface area contributed by atoms with E-state index in [0.717, 1.165) is 48.2 Å². The van der Waals surface area contributed by atoms with Crippen LogP contribution >= 0.6 is 0 Å². The normalized spacial score (nSPS) is 20.1. The van der Waals surface area contributed by atoms with Gasteiger partial charge in [0.25, 0.3) is 5.91 Å². The number of fused-ring (bicyclic) bond motifs is 1. The molecule has 1 aromatic carbocycles. The van der Waals surface area contributed by atoms with E-state index in [1.54, 1.807) is 6.92 Å². The molecule has 0 radical (unpaired) electrons. The first kappa shape index (κ1) is 27.9. The molecule has 8 heteroatoms. The van der Waals surface area contributed by atoms with E-state index in [1.165, 1.54) is 0 Å². The third kappa shape index (κ3) is 5.80. The number of benzene rings is 1. The molecule has 1 aliphatic carbocycles. The number of carbonyl (C=O) groups is 2. The Morgan fingerprint density at radius 3 is 2.45 bits per heavy atom. The van der Waals surface area contributed by atoms with E-state index in [1.807, 2.05) is 46.8 Å². The summed E-state index contributed by atoms with van der Waals surface area (Å²) in [7, 11) is 0. The Morgan fingerprint density at radius 1 is 1.13 bits per heavy atom. The maximum Gasteiger partial charge on any atom is 0.337 e. The maximum atomic E-state index is 13.6. The molecule has 1 aromatic heterocycles. The number of amides is 1. The Balaban J connectivity index is 1.89. The van der Waals surface area contributed by atoms with Crippen molar-refractivity contribution in [3.05, 3.63) is 40.2 Å². The first-order valence-corrected chi connectivity index (χ1v) is 13.6. The number of aromatic nitrogens is 1. The standard InChI is InChI=1S/C30H41N3O5/c1-16-8-10-20(11-9-16)33-28(34)26-18(3)23(21-12-13-22-25(17(21)2)31-14-15-37-22)24(19(4)32-26)27(29(35)36)38-30(5,6)7/h12-13,16,20,27,31H,8-11,14-15H2,1-7H3,(H,33,34)(H,35,36)/t16?,20?,27-/m0/s1. The van der Waals surface area contributed by atoms with Gasteiger partial charge in [0.15, 0.2) is 6.10 Å². The van der Waals surface area contributed by atoms with Gasteiger partial charge in [0.2, 0.25) is 0 Å². The number of carbonyl (C=O) groups excluding carboxylic acids is 1. The molecule has 0 saturated heterocycles. The van der Waals surface area contributed by atoms with Crippen molar-refractivity contribution in [1.82, 2.24) is 10.3 Å². The highest BCUT2D eigenvalue weighted by atomic mass is 16.5. The lowest BCUT2D eigenvalue weighted by Crippen LogP contribution is -2.38. The van der Waals surface area contributed by atoms with Crippen molar-refractivity contribution in [3.63, 3.8) is 0 Å². The molecule has 0 spiro atoms. The van der Waals surface area contributed by atoms with Gasteiger partial charge in [-0.2, -0.15) is 0 Å². The van der Waals surface area contributed by atoms with E-state index in [-0.39, 0.29) is 11.9 Å². The summed E-state index contributed by atoms with van der Waals surface area (Å²) in [6.07, 6.45) is 2.83. The maximum absolute atomic E-state index is 13.6. The van der Waals surface area contributed by atoms with Gasteiger partial charge < -0.3 is 25.2 Å². The number of rotatable bonds is 6. The van der Waals surface area contributed by atoms with Crippen LogP contribution in [-0.4, -0.2) is 46.8 Å². The van der Waals surface area contributed by atoms with Gasteiger partial charge in [0.05, 0.1) is 11.3 Å². The molecule has 206 valence electrons. The molecule has 8 nitrogen and oxygen atoms in total. The lowest BCUT2D eigenvalue weighted by atomic mass is 9.86. The zero-order chi connectivity index (χ0) is 27.8. The molecule has 2 aromatic rings. The number of aliphatic carboxylic acids is 1. The van der Waals surface area contributed by atoms with Crippen LogP contribution in [0.25, 0.3) is 11.1 Å². The first-order chi connectivity index (χ1) is 17.9. The van der Waals surface area contributed by atoms with Gasteiger partial charge in [-0.25, -0.2) is 9.78 Å². The van der Waals surface area contributed by atoms with Gasteiger partial charge in [-0.3, -0.25) is 4.79 Å². The average molecular weight is 524 g/mol. The first-order valence-electron chi connectivity index (χ1n) is 13.6. The Hall–Kier alpha value is -3.13. The van der Waals surface area contributed by atoms with Gasteiger partial charge in [0.1, 0.15) is 18.1 Å². The van der Waals surface area contributed by atoms with E-state index in [4.69, 9.17) is 14.5 Å². The van der Waals surface area contributed by atoms with E-state index < -0.39 is 17.7 Å². The van der Waals surface area contributed by atoms with Crippen molar-refractivity contribution < 1.29 is 24.2 Å². The van der Waals surface area contributed by atoms with Gasteiger partial charge in [-0.1, -0.05) is 13.0 Å². The number of pyridine rings is 1. The van der Waals surface area contributed by atoms with Crippen LogP contribution in [0.5, 0.6) is 5.75 Å². The number of nitrogens with zero attached hydrogens (tertiary/aromatic N) is 1. The number of hydrogen-bond donors (Lipinski definition) is 3. The van der Waals surface area contributed by atoms with Crippen molar-refractivity contribution in [2.75, 3.05) is 18.5 Å². The highest BCUT2D eigenvalue weighted by molar-refractivity contribution is 5.97. The second kappa shape index (κ2) is 10.9. The van der Waals surface area contributed by atoms with Crippen molar-refractivity contribution in [3.8, 4) is 16.9 Å². The Labute approximate surface area is 225 Å². The van der Waals surface area contributed by atoms with Crippen LogP contribution in [0.3, 0.4) is 0 Å². The summed E-state index contributed by atoms with van der Waals surface area (Å²) in [5.74, 6) is 0.110. The van der Waals surface area contributed by atoms with Crippen LogP contribution in [-0.2, 0) is 9.53 Å². The molecule has 1 aliphatic heterocycles. The highest BCUT2D eigenvalue weighted by Crippen LogP contribution is 2.43. The highest BCUT2D eigenvalue weighted by Gasteiger charge is 2.34. The van der Waals surface area contributed by atoms with E-state index in [9.17, 15) is 14.7 Å². The van der Waals surface area contributed by atoms with Crippen LogP contribution in [0.15, 0.2) is 12.1 Å². The predicted molar refractivity (Wildman–Crippen MR) is 148 cm³/mol. The van der Waals surface area contributed by atoms with Gasteiger partial charge in [-0.15, -0.1) is 0 Å². The summed E-state index contributed by atoms with van der Waals surface area (Å²) >= 11 is 0. The van der Waals surface area contributed by atoms with Crippen molar-refractivity contribution in [2.24, 2.45) is 5.92 Å². The monoisotopic (exact) mass is 523 g/mol. The summed E-state index contributed by atoms with van der Waals surface area (Å²) in [5.41, 5.74) is 4.46. The lowest BCUT2D eigenvalue weighted by molar-refractivity contribution is -0.160. The molecule has 0 bridgehead atoms. The van der Waals surface area contributed by atoms with Crippen molar-refractivity contribution >= 4 is 17.6 Å². The largest absolute Gasteiger partial charge is 0.490 e. The van der Waals surface area contributed by atoms with E-state index in [0.29, 0.717) is 47.1 Å². The minimum absolute atomic E-state index is 0.117. The fraction of sp³-hybridized carbons (Fsp3) is 0.567. The molecule has 2 heterocycles. The van der Waals surface area contributed by atoms with Crippen LogP contribution in [0.4, 0.5) is 5.69 Å². The fourth-order valence-corrected chi connectivity index (χ4v) is 5.58. The number of carboxylic acids is 1. The lowest BCUT2D eigenvalue weighted by Gasteiger charge is -2.30. The molecule has 4 rings (SSSR count). The van der Waals surface area contributed by atoms with Crippen LogP contribution < -0.4 is 15.4 Å². The molecule has 2 aliphatic rings. The molecule has 0 unspecified atom stereocenters. The van der Waals surface area contributed by atoms with Crippen molar-refractivity contribution in [1.29, 1.82) is 0 Å². The summed E-state index contributed by atoms with van der Waals surface area (Å²) < 4.78 is 11.9. The number of carboxylic acid groups (broad SMARTS) is 1. The summed E-state index contributed by atoms with van der Waals surface area (Å²) in [6.45, 7) is 14.6. The number of nitrogens with one attached hydrogen (secondary N) is 2. The van der Waals surface area contributed by atoms with Crippen molar-refractivity contribution in [2.45, 2.75) is 91.9 Å². The van der Waals surface area contributed by atoms with Crippen LogP contribution in [0.1, 0.15) is 92.4 Å². The molecule has 3 N–H and O–H groups in total. The Bertz CT molecular complexity index is 1230. The number of aryl methyl sites for hydroxylation is 1. The van der Waals surface area contributed by atoms with Crippen LogP contribution in [0.2, 0.25) is 0 Å². The molecule has 1 saturated carbocycles. The third-order valence-electron chi connectivity index (χ3n) is 7.55. The third-order valence-corrected chi connectivity index (χ3v) is 7.55. The van der Waals surface area contributed by atoms with E-state index in [2.05, 4.69) is 17.6 Å². The average Bonchev–Trinajstić information content (AvgIpc) is 2.85. The zero-order valence-electron chi connectivity index (χ0n) is 23.7. The Kier molecular flexibility index (Phi) is 8.02. The Morgan fingerprint density at radius 2 is 1.82 bits per heavy atom. The summed E-state index contributed by atoms with van der Waals surface area (Å²) in [6, 6.07) is 3.95. The van der Waals surface area contributed by atoms with Crippen LogP contribution in [0, 0.1) is 26.7 Å². The smallest absolute Gasteiger partial charge is 0.337 e. The van der Waals surface area contributed by atoms with E-state index >= 15 is 0 Å². The topological polar surface area (TPSA) is 110 Å². The number of hydrogen-bond acceptors (Lipinski definition) is 6. The minimum Gasteiger partial charge on any atom is -0.490 e. The fourth-order valence-electron chi connectivity index (χ4n) is 5.58. The second-order valence-corrected chi connectivity index (χ2v) is 11.7. The molecular formula is C30H41N3O5. The SMILES string of the molecule is Cc1nc(C(=O)NC2CCC(C)CC2)c(C)c(-c2ccc3c(c2C)NCCO3)c1[C@H](OC(C)(C)C)C(=O)O. The zero-order valence-corrected chi connectivity index (χ0v) is 23.7. The molecule has 1 atom stereocenters. The number of anilines is 1.